The van der Waals surface area contributed by atoms with Crippen LogP contribution in [0.2, 0.25) is 0 Å². The van der Waals surface area contributed by atoms with E-state index in [1.54, 1.807) is 0 Å². The largest absolute Gasteiger partial charge is 0.469 e. The molecule has 0 radical (unpaired) electrons. The summed E-state index contributed by atoms with van der Waals surface area (Å²) in [4.78, 5) is 13.1. The molecule has 2 atom stereocenters. The number of hydrogen-bond donors (Lipinski definition) is 0. The number of carbonyl (C=O) groups is 1. The van der Waals surface area contributed by atoms with Gasteiger partial charge in [-0.2, -0.15) is 0 Å². The molecule has 0 aromatic carbocycles. The predicted octanol–water partition coefficient (Wildman–Crippen LogP) is 1.29. The molecule has 0 N–H and O–H groups in total. The van der Waals surface area contributed by atoms with E-state index in [0.717, 1.165) is 6.54 Å². The van der Waals surface area contributed by atoms with Gasteiger partial charge >= 0.3 is 5.97 Å². The zero-order valence-corrected chi connectivity index (χ0v) is 10.4. The maximum Gasteiger partial charge on any atom is 0.308 e. The van der Waals surface area contributed by atoms with Crippen LogP contribution in [0.15, 0.2) is 0 Å². The number of morpholine rings is 1. The van der Waals surface area contributed by atoms with E-state index >= 15 is 0 Å². The van der Waals surface area contributed by atoms with Crippen molar-refractivity contribution in [1.82, 2.24) is 4.90 Å². The van der Waals surface area contributed by atoms with Gasteiger partial charge in [-0.1, -0.05) is 13.8 Å². The fourth-order valence-corrected chi connectivity index (χ4v) is 1.35. The molecular weight excluding hydrogens is 194 g/mol. The van der Waals surface area contributed by atoms with Crippen LogP contribution in [0.25, 0.3) is 0 Å². The summed E-state index contributed by atoms with van der Waals surface area (Å²) in [5.74, 6) is -0.201. The van der Waals surface area contributed by atoms with Gasteiger partial charge in [0, 0.05) is 12.6 Å². The van der Waals surface area contributed by atoms with Crippen molar-refractivity contribution < 1.29 is 14.3 Å². The van der Waals surface area contributed by atoms with Crippen LogP contribution in [0.3, 0.4) is 0 Å². The van der Waals surface area contributed by atoms with Gasteiger partial charge in [-0.3, -0.25) is 9.69 Å². The van der Waals surface area contributed by atoms with E-state index in [9.17, 15) is 4.79 Å². The highest BCUT2D eigenvalue weighted by Gasteiger charge is 2.25. The molecule has 1 aliphatic heterocycles. The molecule has 2 unspecified atom stereocenters. The van der Waals surface area contributed by atoms with Crippen molar-refractivity contribution in [3.63, 3.8) is 0 Å². The second kappa shape index (κ2) is 7.65. The topological polar surface area (TPSA) is 38.8 Å². The van der Waals surface area contributed by atoms with Crippen molar-refractivity contribution in [1.29, 1.82) is 0 Å². The van der Waals surface area contributed by atoms with Gasteiger partial charge in [0.2, 0.25) is 0 Å². The number of likely N-dealkylation sites (N-methyl/N-ethyl adjacent to an activating group) is 1. The molecule has 0 saturated carbocycles. The standard InChI is InChI=1S/C9H17NO3.C2H6/c1-7-6-13-8(5-10(7)2)4-9(11)12-3;1-2/h7-8H,4-6H2,1-3H3;1-2H3. The molecule has 4 heteroatoms. The lowest BCUT2D eigenvalue weighted by Gasteiger charge is -2.34. The summed E-state index contributed by atoms with van der Waals surface area (Å²) in [6.45, 7) is 7.60. The summed E-state index contributed by atoms with van der Waals surface area (Å²) in [5, 5.41) is 0. The number of methoxy groups -OCH3 is 1. The summed E-state index contributed by atoms with van der Waals surface area (Å²) < 4.78 is 10.1. The molecule has 0 aliphatic carbocycles. The Bertz CT molecular complexity index is 185. The van der Waals surface area contributed by atoms with Gasteiger partial charge in [-0.15, -0.1) is 0 Å². The van der Waals surface area contributed by atoms with Crippen LogP contribution in [0.4, 0.5) is 0 Å². The minimum Gasteiger partial charge on any atom is -0.469 e. The van der Waals surface area contributed by atoms with E-state index in [2.05, 4.69) is 16.6 Å². The summed E-state index contributed by atoms with van der Waals surface area (Å²) in [6.07, 6.45) is 0.349. The summed E-state index contributed by atoms with van der Waals surface area (Å²) in [6, 6.07) is 0.439. The van der Waals surface area contributed by atoms with E-state index in [1.807, 2.05) is 20.9 Å². The molecule has 4 nitrogen and oxygen atoms in total. The SMILES string of the molecule is CC.COC(=O)CC1CN(C)C(C)CO1. The number of hydrogen-bond acceptors (Lipinski definition) is 4. The van der Waals surface area contributed by atoms with Gasteiger partial charge < -0.3 is 9.47 Å². The van der Waals surface area contributed by atoms with Crippen LogP contribution >= 0.6 is 0 Å². The molecule has 15 heavy (non-hydrogen) atoms. The second-order valence-electron chi connectivity index (χ2n) is 3.52. The zero-order valence-electron chi connectivity index (χ0n) is 10.4. The van der Waals surface area contributed by atoms with Gasteiger partial charge in [0.1, 0.15) is 0 Å². The summed E-state index contributed by atoms with van der Waals surface area (Å²) in [5.41, 5.74) is 0. The van der Waals surface area contributed by atoms with Crippen LogP contribution in [-0.2, 0) is 14.3 Å². The highest BCUT2D eigenvalue weighted by atomic mass is 16.5. The van der Waals surface area contributed by atoms with Gasteiger partial charge in [-0.25, -0.2) is 0 Å². The van der Waals surface area contributed by atoms with Crippen LogP contribution in [0.5, 0.6) is 0 Å². The van der Waals surface area contributed by atoms with Gasteiger partial charge in [0.25, 0.3) is 0 Å². The molecule has 0 bridgehead atoms. The Morgan fingerprint density at radius 2 is 2.13 bits per heavy atom. The zero-order chi connectivity index (χ0) is 11.8. The summed E-state index contributed by atoms with van der Waals surface area (Å²) >= 11 is 0. The first-order chi connectivity index (χ1) is 7.13. The number of esters is 1. The van der Waals surface area contributed by atoms with E-state index < -0.39 is 0 Å². The van der Waals surface area contributed by atoms with E-state index in [4.69, 9.17) is 4.74 Å². The van der Waals surface area contributed by atoms with Crippen molar-refractivity contribution in [2.75, 3.05) is 27.3 Å². The molecule has 1 heterocycles. The molecule has 1 saturated heterocycles. The Kier molecular flexibility index (Phi) is 7.34. The van der Waals surface area contributed by atoms with E-state index in [-0.39, 0.29) is 12.1 Å². The molecule has 0 spiro atoms. The van der Waals surface area contributed by atoms with Crippen molar-refractivity contribution in [2.24, 2.45) is 0 Å². The first kappa shape index (κ1) is 14.4. The van der Waals surface area contributed by atoms with Gasteiger partial charge in [0.05, 0.1) is 26.2 Å². The third kappa shape index (κ3) is 5.14. The van der Waals surface area contributed by atoms with Crippen LogP contribution in [0, 0.1) is 0 Å². The van der Waals surface area contributed by atoms with Gasteiger partial charge in [-0.05, 0) is 14.0 Å². The van der Waals surface area contributed by atoms with Crippen molar-refractivity contribution in [2.45, 2.75) is 39.3 Å². The van der Waals surface area contributed by atoms with E-state index in [0.29, 0.717) is 19.1 Å². The fourth-order valence-electron chi connectivity index (χ4n) is 1.35. The molecule has 90 valence electrons. The average molecular weight is 217 g/mol. The maximum atomic E-state index is 10.9. The highest BCUT2D eigenvalue weighted by Crippen LogP contribution is 2.12. The second-order valence-corrected chi connectivity index (χ2v) is 3.52. The molecule has 1 fully saturated rings. The number of ether oxygens (including phenoxy) is 2. The van der Waals surface area contributed by atoms with Gasteiger partial charge in [0.15, 0.2) is 0 Å². The monoisotopic (exact) mass is 217 g/mol. The first-order valence-corrected chi connectivity index (χ1v) is 5.52. The Hall–Kier alpha value is -0.610. The number of nitrogens with zero attached hydrogens (tertiary/aromatic N) is 1. The van der Waals surface area contributed by atoms with Crippen molar-refractivity contribution in [3.05, 3.63) is 0 Å². The van der Waals surface area contributed by atoms with Crippen molar-refractivity contribution >= 4 is 5.97 Å². The lowest BCUT2D eigenvalue weighted by Crippen LogP contribution is -2.46. The number of rotatable bonds is 2. The average Bonchev–Trinajstić information content (AvgIpc) is 2.26. The van der Waals surface area contributed by atoms with Crippen LogP contribution in [0.1, 0.15) is 27.2 Å². The molecule has 0 aromatic heterocycles. The lowest BCUT2D eigenvalue weighted by molar-refractivity contribution is -0.146. The van der Waals surface area contributed by atoms with Crippen LogP contribution in [-0.4, -0.2) is 50.3 Å². The maximum absolute atomic E-state index is 10.9. The minimum absolute atomic E-state index is 0.00588. The summed E-state index contributed by atoms with van der Waals surface area (Å²) in [7, 11) is 3.44. The lowest BCUT2D eigenvalue weighted by atomic mass is 10.1. The molecule has 0 amide bonds. The Balaban J connectivity index is 0.000000921. The van der Waals surface area contributed by atoms with Crippen LogP contribution < -0.4 is 0 Å². The fraction of sp³-hybridized carbons (Fsp3) is 0.909. The molecule has 0 aromatic rings. The third-order valence-corrected chi connectivity index (χ3v) is 2.44. The number of carbonyl (C=O) groups excluding carboxylic acids is 1. The predicted molar refractivity (Wildman–Crippen MR) is 59.8 cm³/mol. The quantitative estimate of drug-likeness (QED) is 0.653. The molecule has 1 rings (SSSR count). The minimum atomic E-state index is -0.201. The smallest absolute Gasteiger partial charge is 0.308 e. The Morgan fingerprint density at radius 3 is 2.60 bits per heavy atom. The van der Waals surface area contributed by atoms with E-state index in [1.165, 1.54) is 7.11 Å². The third-order valence-electron chi connectivity index (χ3n) is 2.44. The Labute approximate surface area is 92.5 Å². The Morgan fingerprint density at radius 1 is 1.53 bits per heavy atom. The first-order valence-electron chi connectivity index (χ1n) is 5.52. The normalized spacial score (nSPS) is 26.5. The molecule has 1 aliphatic rings. The van der Waals surface area contributed by atoms with Crippen molar-refractivity contribution in [3.8, 4) is 0 Å². The highest BCUT2D eigenvalue weighted by molar-refractivity contribution is 5.69. The molecular formula is C11H23NO3.